The number of likely N-dealkylation sites (N-methyl/N-ethyl adjacent to an activating group) is 1. The molecule has 2 amide bonds. The molecule has 0 spiro atoms. The summed E-state index contributed by atoms with van der Waals surface area (Å²) in [4.78, 5) is 35.6. The van der Waals surface area contributed by atoms with Crippen molar-refractivity contribution >= 4 is 29.9 Å². The van der Waals surface area contributed by atoms with Gasteiger partial charge in [0.15, 0.2) is 0 Å². The molecule has 2 N–H and O–H groups in total. The SMILES string of the molecule is CC(=O)NSC(C)(C)[C@H](C(=O)O)N(C)C(=O)OC(C)(C)C. The normalized spacial score (nSPS) is 13.3. The van der Waals surface area contributed by atoms with Gasteiger partial charge in [0.2, 0.25) is 5.91 Å². The quantitative estimate of drug-likeness (QED) is 0.751. The van der Waals surface area contributed by atoms with Crippen molar-refractivity contribution in [3.05, 3.63) is 0 Å². The Morgan fingerprint density at radius 3 is 2.00 bits per heavy atom. The molecular formula is C13H24N2O5S. The standard InChI is InChI=1S/C13H24N2O5S/c1-8(16)14-21-13(5,6)9(10(17)18)15(7)11(19)20-12(2,3)4/h9H,1-7H3,(H,14,16)(H,17,18)/t9-/m0/s1. The van der Waals surface area contributed by atoms with Gasteiger partial charge >= 0.3 is 12.1 Å². The molecule has 0 radical (unpaired) electrons. The van der Waals surface area contributed by atoms with E-state index in [1.807, 2.05) is 0 Å². The van der Waals surface area contributed by atoms with Crippen LogP contribution in [0.1, 0.15) is 41.5 Å². The second-order valence-corrected chi connectivity index (χ2v) is 7.66. The lowest BCUT2D eigenvalue weighted by Gasteiger charge is -2.37. The van der Waals surface area contributed by atoms with Gasteiger partial charge in [0.05, 0.1) is 4.75 Å². The average molecular weight is 320 g/mol. The number of hydrogen-bond donors (Lipinski definition) is 2. The van der Waals surface area contributed by atoms with Crippen molar-refractivity contribution in [3.63, 3.8) is 0 Å². The first-order chi connectivity index (χ1) is 9.28. The number of carbonyl (C=O) groups is 3. The highest BCUT2D eigenvalue weighted by Crippen LogP contribution is 2.29. The smallest absolute Gasteiger partial charge is 0.410 e. The summed E-state index contributed by atoms with van der Waals surface area (Å²) in [5.74, 6) is -1.47. The maximum absolute atomic E-state index is 12.0. The Labute approximate surface area is 129 Å². The van der Waals surface area contributed by atoms with Crippen molar-refractivity contribution in [1.82, 2.24) is 9.62 Å². The maximum Gasteiger partial charge on any atom is 0.410 e. The number of carboxylic acids is 1. The van der Waals surface area contributed by atoms with Crippen LogP contribution in [0.2, 0.25) is 0 Å². The number of carbonyl (C=O) groups excluding carboxylic acids is 2. The topological polar surface area (TPSA) is 95.9 Å². The highest BCUT2D eigenvalue weighted by molar-refractivity contribution is 7.99. The number of hydrogen-bond acceptors (Lipinski definition) is 5. The van der Waals surface area contributed by atoms with Crippen LogP contribution in [0.4, 0.5) is 4.79 Å². The number of carboxylic acid groups (broad SMARTS) is 1. The van der Waals surface area contributed by atoms with Crippen molar-refractivity contribution in [2.24, 2.45) is 0 Å². The fourth-order valence-corrected chi connectivity index (χ4v) is 2.41. The molecule has 0 aromatic rings. The molecule has 122 valence electrons. The number of nitrogens with one attached hydrogen (secondary N) is 1. The first-order valence-corrected chi connectivity index (χ1v) is 7.23. The van der Waals surface area contributed by atoms with E-state index in [0.29, 0.717) is 0 Å². The third-order valence-electron chi connectivity index (χ3n) is 2.42. The van der Waals surface area contributed by atoms with Crippen LogP contribution in [0.25, 0.3) is 0 Å². The van der Waals surface area contributed by atoms with Crippen LogP contribution >= 0.6 is 11.9 Å². The third-order valence-corrected chi connectivity index (χ3v) is 3.56. The summed E-state index contributed by atoms with van der Waals surface area (Å²) < 4.78 is 6.74. The minimum absolute atomic E-state index is 0.294. The number of rotatable bonds is 5. The Kier molecular flexibility index (Phi) is 6.54. The Balaban J connectivity index is 5.16. The number of ether oxygens (including phenoxy) is 1. The number of amides is 2. The molecule has 0 saturated heterocycles. The number of aliphatic carboxylic acids is 1. The summed E-state index contributed by atoms with van der Waals surface area (Å²) in [5.41, 5.74) is -0.719. The fourth-order valence-electron chi connectivity index (χ4n) is 1.63. The summed E-state index contributed by atoms with van der Waals surface area (Å²) in [6.07, 6.45) is -0.730. The van der Waals surface area contributed by atoms with Crippen LogP contribution in [0.15, 0.2) is 0 Å². The lowest BCUT2D eigenvalue weighted by Crippen LogP contribution is -2.55. The lowest BCUT2D eigenvalue weighted by atomic mass is 10.0. The van der Waals surface area contributed by atoms with Crippen LogP contribution < -0.4 is 4.72 Å². The molecule has 0 aromatic carbocycles. The first kappa shape index (κ1) is 19.6. The van der Waals surface area contributed by atoms with Crippen molar-refractivity contribution in [2.75, 3.05) is 7.05 Å². The molecule has 0 aliphatic heterocycles. The zero-order valence-corrected chi connectivity index (χ0v) is 14.3. The molecule has 0 saturated carbocycles. The molecule has 0 unspecified atom stereocenters. The molecule has 0 heterocycles. The van der Waals surface area contributed by atoms with Crippen molar-refractivity contribution in [1.29, 1.82) is 0 Å². The molecule has 0 rings (SSSR count). The van der Waals surface area contributed by atoms with Crippen molar-refractivity contribution in [2.45, 2.75) is 57.9 Å². The molecule has 0 aromatic heterocycles. The van der Waals surface area contributed by atoms with Gasteiger partial charge in [0.25, 0.3) is 0 Å². The summed E-state index contributed by atoms with van der Waals surface area (Å²) in [6.45, 7) is 9.69. The zero-order chi connectivity index (χ0) is 17.0. The van der Waals surface area contributed by atoms with Crippen LogP contribution in [0.3, 0.4) is 0 Å². The number of nitrogens with zero attached hydrogens (tertiary/aromatic N) is 1. The van der Waals surface area contributed by atoms with Crippen LogP contribution in [-0.2, 0) is 14.3 Å². The van der Waals surface area contributed by atoms with Gasteiger partial charge in [-0.2, -0.15) is 0 Å². The summed E-state index contributed by atoms with van der Waals surface area (Å²) in [6, 6.07) is -1.16. The zero-order valence-electron chi connectivity index (χ0n) is 13.5. The molecule has 7 nitrogen and oxygen atoms in total. The molecule has 1 atom stereocenters. The Morgan fingerprint density at radius 2 is 1.67 bits per heavy atom. The molecule has 0 aliphatic rings. The fraction of sp³-hybridized carbons (Fsp3) is 0.769. The van der Waals surface area contributed by atoms with E-state index in [4.69, 9.17) is 4.74 Å². The molecular weight excluding hydrogens is 296 g/mol. The highest BCUT2D eigenvalue weighted by atomic mass is 32.2. The second kappa shape index (κ2) is 7.02. The van der Waals surface area contributed by atoms with Gasteiger partial charge in [-0.25, -0.2) is 9.59 Å². The average Bonchev–Trinajstić information content (AvgIpc) is 2.23. The first-order valence-electron chi connectivity index (χ1n) is 6.41. The van der Waals surface area contributed by atoms with Gasteiger partial charge in [-0.1, -0.05) is 0 Å². The lowest BCUT2D eigenvalue weighted by molar-refractivity contribution is -0.143. The van der Waals surface area contributed by atoms with Gasteiger partial charge in [0, 0.05) is 14.0 Å². The summed E-state index contributed by atoms with van der Waals surface area (Å²) >= 11 is 0.957. The maximum atomic E-state index is 12.0. The van der Waals surface area contributed by atoms with Crippen LogP contribution in [-0.4, -0.2) is 51.4 Å². The minimum Gasteiger partial charge on any atom is -0.480 e. The predicted octanol–water partition coefficient (Wildman–Crippen LogP) is 1.87. The molecule has 8 heteroatoms. The van der Waals surface area contributed by atoms with E-state index >= 15 is 0 Å². The largest absolute Gasteiger partial charge is 0.480 e. The van der Waals surface area contributed by atoms with E-state index in [1.54, 1.807) is 34.6 Å². The predicted molar refractivity (Wildman–Crippen MR) is 80.9 cm³/mol. The molecule has 0 bridgehead atoms. The van der Waals surface area contributed by atoms with Gasteiger partial charge in [-0.05, 0) is 46.6 Å². The van der Waals surface area contributed by atoms with Gasteiger partial charge in [-0.3, -0.25) is 14.4 Å². The van der Waals surface area contributed by atoms with E-state index in [1.165, 1.54) is 14.0 Å². The minimum atomic E-state index is -1.17. The van der Waals surface area contributed by atoms with Crippen molar-refractivity contribution in [3.8, 4) is 0 Å². The highest BCUT2D eigenvalue weighted by Gasteiger charge is 2.42. The van der Waals surface area contributed by atoms with E-state index in [2.05, 4.69) is 4.72 Å². The Morgan fingerprint density at radius 1 is 1.19 bits per heavy atom. The van der Waals surface area contributed by atoms with Crippen LogP contribution in [0.5, 0.6) is 0 Å². The van der Waals surface area contributed by atoms with Gasteiger partial charge < -0.3 is 9.84 Å². The Hall–Kier alpha value is -1.44. The van der Waals surface area contributed by atoms with E-state index in [-0.39, 0.29) is 5.91 Å². The summed E-state index contributed by atoms with van der Waals surface area (Å²) in [5, 5.41) is 9.42. The molecule has 0 aliphatic carbocycles. The monoisotopic (exact) mass is 320 g/mol. The van der Waals surface area contributed by atoms with E-state index in [9.17, 15) is 19.5 Å². The molecule has 0 fully saturated rings. The van der Waals surface area contributed by atoms with E-state index in [0.717, 1.165) is 16.8 Å². The second-order valence-electron chi connectivity index (χ2n) is 6.20. The summed E-state index contributed by atoms with van der Waals surface area (Å²) in [7, 11) is 1.36. The third kappa shape index (κ3) is 6.70. The van der Waals surface area contributed by atoms with Crippen LogP contribution in [0, 0.1) is 0 Å². The Bertz CT molecular complexity index is 417. The van der Waals surface area contributed by atoms with Gasteiger partial charge in [0.1, 0.15) is 11.6 Å². The molecule has 21 heavy (non-hydrogen) atoms. The van der Waals surface area contributed by atoms with Crippen molar-refractivity contribution < 1.29 is 24.2 Å². The van der Waals surface area contributed by atoms with E-state index < -0.39 is 28.5 Å². The van der Waals surface area contributed by atoms with Gasteiger partial charge in [-0.15, -0.1) is 0 Å².